The summed E-state index contributed by atoms with van der Waals surface area (Å²) < 4.78 is 0. The second kappa shape index (κ2) is 3.08. The first-order valence-electron chi connectivity index (χ1n) is 4.69. The van der Waals surface area contributed by atoms with E-state index in [1.165, 1.54) is 6.42 Å². The van der Waals surface area contributed by atoms with Crippen molar-refractivity contribution in [1.29, 1.82) is 0 Å². The van der Waals surface area contributed by atoms with Crippen molar-refractivity contribution >= 4 is 17.7 Å². The third kappa shape index (κ3) is 1.38. The van der Waals surface area contributed by atoms with Crippen LogP contribution in [-0.2, 0) is 14.4 Å². The van der Waals surface area contributed by atoms with Crippen LogP contribution in [0.25, 0.3) is 0 Å². The molecular formula is C9H11NO4. The van der Waals surface area contributed by atoms with Gasteiger partial charge in [0.1, 0.15) is 0 Å². The van der Waals surface area contributed by atoms with Gasteiger partial charge in [0.2, 0.25) is 0 Å². The van der Waals surface area contributed by atoms with Gasteiger partial charge < -0.3 is 10.4 Å². The number of rotatable bonds is 3. The van der Waals surface area contributed by atoms with Gasteiger partial charge in [0, 0.05) is 6.04 Å². The molecule has 1 amide bonds. The predicted molar refractivity (Wildman–Crippen MR) is 45.4 cm³/mol. The highest BCUT2D eigenvalue weighted by molar-refractivity contribution is 6.61. The van der Waals surface area contributed by atoms with Crippen LogP contribution in [0.5, 0.6) is 0 Å². The minimum absolute atomic E-state index is 0.0551. The van der Waals surface area contributed by atoms with E-state index in [-0.39, 0.29) is 6.04 Å². The number of Topliss-reactive ketones (excluding diaryl/α,β-unsaturated/α-hetero) is 1. The van der Waals surface area contributed by atoms with Crippen LogP contribution in [0.4, 0.5) is 0 Å². The zero-order valence-electron chi connectivity index (χ0n) is 7.53. The van der Waals surface area contributed by atoms with Crippen molar-refractivity contribution in [2.45, 2.75) is 25.3 Å². The molecule has 2 unspecified atom stereocenters. The number of carboxylic acid groups (broad SMARTS) is 1. The second-order valence-electron chi connectivity index (χ2n) is 3.89. The van der Waals surface area contributed by atoms with Gasteiger partial charge in [0.05, 0.1) is 0 Å². The maximum atomic E-state index is 11.0. The second-order valence-corrected chi connectivity index (χ2v) is 3.89. The SMILES string of the molecule is O=C(O)C(=O)C(=O)NC1C2CCCC21. The van der Waals surface area contributed by atoms with Gasteiger partial charge in [-0.2, -0.15) is 0 Å². The maximum absolute atomic E-state index is 11.0. The molecule has 2 aliphatic carbocycles. The number of carbonyl (C=O) groups is 3. The monoisotopic (exact) mass is 197 g/mol. The largest absolute Gasteiger partial charge is 0.475 e. The Morgan fingerprint density at radius 2 is 1.71 bits per heavy atom. The van der Waals surface area contributed by atoms with Crippen molar-refractivity contribution in [1.82, 2.24) is 5.32 Å². The molecule has 0 aromatic heterocycles. The van der Waals surface area contributed by atoms with E-state index < -0.39 is 17.7 Å². The summed E-state index contributed by atoms with van der Waals surface area (Å²) in [6.07, 6.45) is 3.34. The molecule has 0 heterocycles. The van der Waals surface area contributed by atoms with Gasteiger partial charge in [-0.3, -0.25) is 9.59 Å². The lowest BCUT2D eigenvalue weighted by Crippen LogP contribution is -2.38. The van der Waals surface area contributed by atoms with Crippen molar-refractivity contribution in [2.75, 3.05) is 0 Å². The minimum Gasteiger partial charge on any atom is -0.475 e. The molecule has 5 heteroatoms. The van der Waals surface area contributed by atoms with Gasteiger partial charge in [0.15, 0.2) is 0 Å². The molecule has 0 radical (unpaired) electrons. The normalized spacial score (nSPS) is 33.3. The summed E-state index contributed by atoms with van der Waals surface area (Å²) in [6, 6.07) is 0.0551. The molecule has 0 aliphatic heterocycles. The van der Waals surface area contributed by atoms with Crippen molar-refractivity contribution in [3.8, 4) is 0 Å². The Bertz CT molecular complexity index is 302. The topological polar surface area (TPSA) is 83.5 Å². The summed E-state index contributed by atoms with van der Waals surface area (Å²) >= 11 is 0. The van der Waals surface area contributed by atoms with Crippen LogP contribution in [0.1, 0.15) is 19.3 Å². The highest BCUT2D eigenvalue weighted by atomic mass is 16.4. The molecule has 0 saturated heterocycles. The van der Waals surface area contributed by atoms with Crippen LogP contribution in [0.15, 0.2) is 0 Å². The Balaban J connectivity index is 1.85. The first-order valence-corrected chi connectivity index (χ1v) is 4.69. The van der Waals surface area contributed by atoms with E-state index in [1.807, 2.05) is 0 Å². The number of carbonyl (C=O) groups excluding carboxylic acids is 2. The average Bonchev–Trinajstić information content (AvgIpc) is 2.63. The smallest absolute Gasteiger partial charge is 0.382 e. The zero-order chi connectivity index (χ0) is 10.3. The Hall–Kier alpha value is -1.39. The third-order valence-corrected chi connectivity index (χ3v) is 3.10. The lowest BCUT2D eigenvalue weighted by Gasteiger charge is -2.03. The number of ketones is 1. The summed E-state index contributed by atoms with van der Waals surface area (Å²) in [5, 5.41) is 10.7. The molecule has 0 bridgehead atoms. The number of hydrogen-bond acceptors (Lipinski definition) is 3. The number of carboxylic acids is 1. The van der Waals surface area contributed by atoms with Crippen molar-refractivity contribution in [3.05, 3.63) is 0 Å². The molecule has 14 heavy (non-hydrogen) atoms. The number of fused-ring (bicyclic) bond motifs is 1. The molecule has 0 aromatic rings. The quantitative estimate of drug-likeness (QED) is 0.474. The van der Waals surface area contributed by atoms with Crippen LogP contribution in [0.3, 0.4) is 0 Å². The first-order chi connectivity index (χ1) is 6.61. The predicted octanol–water partition coefficient (Wildman–Crippen LogP) is -0.445. The van der Waals surface area contributed by atoms with Gasteiger partial charge in [-0.25, -0.2) is 4.79 Å². The van der Waals surface area contributed by atoms with Crippen LogP contribution in [0.2, 0.25) is 0 Å². The fourth-order valence-electron chi connectivity index (χ4n) is 2.35. The van der Waals surface area contributed by atoms with Crippen molar-refractivity contribution in [3.63, 3.8) is 0 Å². The van der Waals surface area contributed by atoms with E-state index in [9.17, 15) is 14.4 Å². The maximum Gasteiger partial charge on any atom is 0.382 e. The average molecular weight is 197 g/mol. The third-order valence-electron chi connectivity index (χ3n) is 3.10. The fraction of sp³-hybridized carbons (Fsp3) is 0.667. The Kier molecular flexibility index (Phi) is 2.02. The van der Waals surface area contributed by atoms with Gasteiger partial charge in [0.25, 0.3) is 5.91 Å². The van der Waals surface area contributed by atoms with E-state index in [4.69, 9.17) is 5.11 Å². The summed E-state index contributed by atoms with van der Waals surface area (Å²) in [6.45, 7) is 0. The van der Waals surface area contributed by atoms with Gasteiger partial charge >= 0.3 is 11.8 Å². The number of hydrogen-bond donors (Lipinski definition) is 2. The number of nitrogens with one attached hydrogen (secondary N) is 1. The van der Waals surface area contributed by atoms with Gasteiger partial charge in [-0.15, -0.1) is 0 Å². The molecule has 2 saturated carbocycles. The highest BCUT2D eigenvalue weighted by Crippen LogP contribution is 2.51. The van der Waals surface area contributed by atoms with Crippen molar-refractivity contribution in [2.24, 2.45) is 11.8 Å². The van der Waals surface area contributed by atoms with Crippen LogP contribution < -0.4 is 5.32 Å². The highest BCUT2D eigenvalue weighted by Gasteiger charge is 2.53. The molecule has 2 rings (SSSR count). The van der Waals surface area contributed by atoms with Crippen molar-refractivity contribution < 1.29 is 19.5 Å². The van der Waals surface area contributed by atoms with E-state index >= 15 is 0 Å². The minimum atomic E-state index is -1.69. The zero-order valence-corrected chi connectivity index (χ0v) is 7.53. The Labute approximate surface area is 80.5 Å². The van der Waals surface area contributed by atoms with E-state index in [1.54, 1.807) is 0 Å². The molecule has 5 nitrogen and oxygen atoms in total. The first kappa shape index (κ1) is 9.18. The van der Waals surface area contributed by atoms with E-state index in [2.05, 4.69) is 5.32 Å². The molecule has 2 N–H and O–H groups in total. The Morgan fingerprint density at radius 1 is 1.14 bits per heavy atom. The van der Waals surface area contributed by atoms with Gasteiger partial charge in [-0.05, 0) is 24.7 Å². The molecule has 2 atom stereocenters. The van der Waals surface area contributed by atoms with Crippen LogP contribution in [-0.4, -0.2) is 28.8 Å². The summed E-state index contributed by atoms with van der Waals surface area (Å²) in [5.74, 6) is -3.05. The molecule has 0 aromatic carbocycles. The molecule has 2 fully saturated rings. The van der Waals surface area contributed by atoms with Gasteiger partial charge in [-0.1, -0.05) is 6.42 Å². The number of aliphatic carboxylic acids is 1. The van der Waals surface area contributed by atoms with E-state index in [0.29, 0.717) is 11.8 Å². The van der Waals surface area contributed by atoms with E-state index in [0.717, 1.165) is 12.8 Å². The fourth-order valence-corrected chi connectivity index (χ4v) is 2.35. The summed E-state index contributed by atoms with van der Waals surface area (Å²) in [5.41, 5.74) is 0. The standard InChI is InChI=1S/C9H11NO4/c11-7(9(13)14)8(12)10-6-4-2-1-3-5(4)6/h4-6H,1-3H2,(H,10,12)(H,13,14). The molecule has 76 valence electrons. The van der Waals surface area contributed by atoms with Crippen LogP contribution >= 0.6 is 0 Å². The molecule has 0 spiro atoms. The Morgan fingerprint density at radius 3 is 2.21 bits per heavy atom. The lowest BCUT2D eigenvalue weighted by molar-refractivity contribution is -0.153. The number of amides is 1. The molecule has 2 aliphatic rings. The lowest BCUT2D eigenvalue weighted by atomic mass is 10.2. The summed E-state index contributed by atoms with van der Waals surface area (Å²) in [4.78, 5) is 31.9. The molecular weight excluding hydrogens is 186 g/mol. The summed E-state index contributed by atoms with van der Waals surface area (Å²) in [7, 11) is 0. The van der Waals surface area contributed by atoms with Crippen LogP contribution in [0, 0.1) is 11.8 Å².